The van der Waals surface area contributed by atoms with Gasteiger partial charge in [0, 0.05) is 13.1 Å². The van der Waals surface area contributed by atoms with E-state index in [0.717, 1.165) is 4.31 Å². The lowest BCUT2D eigenvalue weighted by atomic mass is 10.1. The Morgan fingerprint density at radius 1 is 1.56 bits per heavy atom. The molecule has 1 aliphatic heterocycles. The number of rotatable bonds is 4. The third-order valence-electron chi connectivity index (χ3n) is 2.42. The second-order valence-electron chi connectivity index (χ2n) is 4.14. The van der Waals surface area contributed by atoms with Crippen molar-refractivity contribution < 1.29 is 23.1 Å². The highest BCUT2D eigenvalue weighted by molar-refractivity contribution is 7.89. The maximum atomic E-state index is 11.7. The molecule has 16 heavy (non-hydrogen) atoms. The van der Waals surface area contributed by atoms with Crippen molar-refractivity contribution in [1.29, 1.82) is 0 Å². The summed E-state index contributed by atoms with van der Waals surface area (Å²) in [4.78, 5) is 11.1. The van der Waals surface area contributed by atoms with Crippen molar-refractivity contribution in [3.05, 3.63) is 0 Å². The van der Waals surface area contributed by atoms with Gasteiger partial charge in [-0.05, 0) is 20.3 Å². The van der Waals surface area contributed by atoms with Crippen LogP contribution >= 0.6 is 0 Å². The molecule has 0 aromatic rings. The summed E-state index contributed by atoms with van der Waals surface area (Å²) in [6.07, 6.45) is 0.384. The molecule has 1 heterocycles. The van der Waals surface area contributed by atoms with Crippen molar-refractivity contribution >= 4 is 16.0 Å². The highest BCUT2D eigenvalue weighted by Gasteiger charge is 2.38. The molecule has 0 aromatic heterocycles. The molecule has 7 heteroatoms. The minimum absolute atomic E-state index is 0.0364. The molecule has 0 aliphatic carbocycles. The first-order chi connectivity index (χ1) is 7.27. The third-order valence-corrected chi connectivity index (χ3v) is 4.11. The van der Waals surface area contributed by atoms with Crippen molar-refractivity contribution in [3.63, 3.8) is 0 Å². The van der Waals surface area contributed by atoms with E-state index in [4.69, 9.17) is 0 Å². The van der Waals surface area contributed by atoms with E-state index in [2.05, 4.69) is 4.74 Å². The van der Waals surface area contributed by atoms with Crippen molar-refractivity contribution in [2.45, 2.75) is 25.9 Å². The standard InChI is InChI=1S/C9H17NO5S/c1-3-15-8(11)6-16(13,14)10-5-4-9(2,12)7-10/h12H,3-7H2,1-2H3. The van der Waals surface area contributed by atoms with Gasteiger partial charge in [-0.2, -0.15) is 4.31 Å². The summed E-state index contributed by atoms with van der Waals surface area (Å²) < 4.78 is 29.2. The van der Waals surface area contributed by atoms with Gasteiger partial charge in [0.25, 0.3) is 0 Å². The van der Waals surface area contributed by atoms with E-state index >= 15 is 0 Å². The number of esters is 1. The number of carbonyl (C=O) groups is 1. The van der Waals surface area contributed by atoms with Gasteiger partial charge in [0.15, 0.2) is 5.75 Å². The van der Waals surface area contributed by atoms with Crippen LogP contribution in [0.5, 0.6) is 0 Å². The van der Waals surface area contributed by atoms with Gasteiger partial charge in [-0.25, -0.2) is 8.42 Å². The average Bonchev–Trinajstić information content (AvgIpc) is 2.46. The fourth-order valence-corrected chi connectivity index (χ4v) is 2.99. The minimum Gasteiger partial charge on any atom is -0.465 e. The number of sulfonamides is 1. The van der Waals surface area contributed by atoms with Gasteiger partial charge in [-0.3, -0.25) is 4.79 Å². The molecule has 0 spiro atoms. The summed E-state index contributed by atoms with van der Waals surface area (Å²) in [5, 5.41) is 9.64. The van der Waals surface area contributed by atoms with Crippen molar-refractivity contribution in [2.75, 3.05) is 25.4 Å². The zero-order chi connectivity index (χ0) is 12.4. The number of hydrogen-bond donors (Lipinski definition) is 1. The van der Waals surface area contributed by atoms with Crippen LogP contribution in [0.1, 0.15) is 20.3 Å². The summed E-state index contributed by atoms with van der Waals surface area (Å²) in [6, 6.07) is 0. The van der Waals surface area contributed by atoms with E-state index in [1.54, 1.807) is 13.8 Å². The molecule has 0 aromatic carbocycles. The number of aliphatic hydroxyl groups is 1. The largest absolute Gasteiger partial charge is 0.465 e. The van der Waals surface area contributed by atoms with Gasteiger partial charge < -0.3 is 9.84 Å². The van der Waals surface area contributed by atoms with E-state index in [1.165, 1.54) is 0 Å². The van der Waals surface area contributed by atoms with Crippen LogP contribution in [0.4, 0.5) is 0 Å². The smallest absolute Gasteiger partial charge is 0.322 e. The van der Waals surface area contributed by atoms with Crippen LogP contribution in [0, 0.1) is 0 Å². The Kier molecular flexibility index (Phi) is 3.92. The topological polar surface area (TPSA) is 83.9 Å². The van der Waals surface area contributed by atoms with Crippen LogP contribution in [0.3, 0.4) is 0 Å². The van der Waals surface area contributed by atoms with Crippen molar-refractivity contribution in [2.24, 2.45) is 0 Å². The first kappa shape index (κ1) is 13.4. The maximum absolute atomic E-state index is 11.7. The van der Waals surface area contributed by atoms with Crippen LogP contribution in [0.25, 0.3) is 0 Å². The van der Waals surface area contributed by atoms with E-state index in [9.17, 15) is 18.3 Å². The quantitative estimate of drug-likeness (QED) is 0.670. The number of β-amino-alcohol motifs (C(OH)–C–C–N with tert-alkyl or cyclic N) is 1. The first-order valence-electron chi connectivity index (χ1n) is 5.13. The minimum atomic E-state index is -3.65. The van der Waals surface area contributed by atoms with E-state index in [0.29, 0.717) is 6.42 Å². The Labute approximate surface area is 95.2 Å². The van der Waals surface area contributed by atoms with Gasteiger partial charge >= 0.3 is 5.97 Å². The number of carbonyl (C=O) groups excluding carboxylic acids is 1. The number of nitrogens with zero attached hydrogens (tertiary/aromatic N) is 1. The molecule has 6 nitrogen and oxygen atoms in total. The predicted octanol–water partition coefficient (Wildman–Crippen LogP) is -0.664. The van der Waals surface area contributed by atoms with E-state index in [-0.39, 0.29) is 19.7 Å². The Hall–Kier alpha value is -0.660. The summed E-state index contributed by atoms with van der Waals surface area (Å²) in [6.45, 7) is 3.63. The van der Waals surface area contributed by atoms with Gasteiger partial charge in [0.05, 0.1) is 12.2 Å². The lowest BCUT2D eigenvalue weighted by Crippen LogP contribution is -2.37. The normalized spacial score (nSPS) is 26.9. The van der Waals surface area contributed by atoms with Crippen LogP contribution in [-0.4, -0.2) is 54.8 Å². The zero-order valence-corrected chi connectivity index (χ0v) is 10.3. The summed E-state index contributed by atoms with van der Waals surface area (Å²) in [5.74, 6) is -1.41. The molecular weight excluding hydrogens is 234 g/mol. The van der Waals surface area contributed by atoms with Crippen molar-refractivity contribution in [1.82, 2.24) is 4.31 Å². The Morgan fingerprint density at radius 2 is 2.19 bits per heavy atom. The lowest BCUT2D eigenvalue weighted by Gasteiger charge is -2.18. The summed E-state index contributed by atoms with van der Waals surface area (Å²) in [5.41, 5.74) is -0.998. The van der Waals surface area contributed by atoms with Gasteiger partial charge in [0.2, 0.25) is 10.0 Å². The molecule has 1 aliphatic rings. The third kappa shape index (κ3) is 3.43. The van der Waals surface area contributed by atoms with Gasteiger partial charge in [-0.15, -0.1) is 0 Å². The zero-order valence-electron chi connectivity index (χ0n) is 9.47. The molecule has 1 rings (SSSR count). The molecule has 1 N–H and O–H groups in total. The average molecular weight is 251 g/mol. The fraction of sp³-hybridized carbons (Fsp3) is 0.889. The van der Waals surface area contributed by atoms with Crippen LogP contribution in [0.2, 0.25) is 0 Å². The number of hydrogen-bond acceptors (Lipinski definition) is 5. The molecule has 0 bridgehead atoms. The Bertz CT molecular complexity index is 362. The molecule has 1 unspecified atom stereocenters. The van der Waals surface area contributed by atoms with Crippen LogP contribution < -0.4 is 0 Å². The second-order valence-corrected chi connectivity index (χ2v) is 6.11. The van der Waals surface area contributed by atoms with Crippen LogP contribution in [0.15, 0.2) is 0 Å². The van der Waals surface area contributed by atoms with E-state index < -0.39 is 27.3 Å². The monoisotopic (exact) mass is 251 g/mol. The van der Waals surface area contributed by atoms with Crippen molar-refractivity contribution in [3.8, 4) is 0 Å². The Balaban J connectivity index is 2.62. The molecule has 94 valence electrons. The second kappa shape index (κ2) is 4.68. The molecule has 1 fully saturated rings. The molecule has 0 amide bonds. The van der Waals surface area contributed by atoms with E-state index in [1.807, 2.05) is 0 Å². The Morgan fingerprint density at radius 3 is 2.62 bits per heavy atom. The van der Waals surface area contributed by atoms with Gasteiger partial charge in [-0.1, -0.05) is 0 Å². The molecule has 0 radical (unpaired) electrons. The number of ether oxygens (including phenoxy) is 1. The SMILES string of the molecule is CCOC(=O)CS(=O)(=O)N1CCC(C)(O)C1. The van der Waals surface area contributed by atoms with Crippen LogP contribution in [-0.2, 0) is 19.6 Å². The van der Waals surface area contributed by atoms with Gasteiger partial charge in [0.1, 0.15) is 0 Å². The highest BCUT2D eigenvalue weighted by atomic mass is 32.2. The lowest BCUT2D eigenvalue weighted by molar-refractivity contribution is -0.140. The molecule has 0 saturated carbocycles. The summed E-state index contributed by atoms with van der Waals surface area (Å²) in [7, 11) is -3.65. The predicted molar refractivity (Wildman–Crippen MR) is 57.2 cm³/mol. The highest BCUT2D eigenvalue weighted by Crippen LogP contribution is 2.23. The molecule has 1 saturated heterocycles. The first-order valence-corrected chi connectivity index (χ1v) is 6.73. The summed E-state index contributed by atoms with van der Waals surface area (Å²) >= 11 is 0. The maximum Gasteiger partial charge on any atom is 0.322 e. The fourth-order valence-electron chi connectivity index (χ4n) is 1.58. The molecular formula is C9H17NO5S. The molecule has 1 atom stereocenters.